The number of esters is 1. The predicted molar refractivity (Wildman–Crippen MR) is 101 cm³/mol. The van der Waals surface area contributed by atoms with Crippen molar-refractivity contribution in [2.45, 2.75) is 44.7 Å². The highest BCUT2D eigenvalue weighted by Gasteiger charge is 2.39. The molecule has 1 fully saturated rings. The minimum atomic E-state index is -0.547. The average Bonchev–Trinajstić information content (AvgIpc) is 2.70. The van der Waals surface area contributed by atoms with Crippen LogP contribution in [0.3, 0.4) is 0 Å². The molecular formula is C21H28N2O3. The van der Waals surface area contributed by atoms with Crippen LogP contribution in [0.4, 0.5) is 0 Å². The van der Waals surface area contributed by atoms with Crippen LogP contribution in [0.2, 0.25) is 0 Å². The molecule has 1 aromatic carbocycles. The third-order valence-corrected chi connectivity index (χ3v) is 5.13. The summed E-state index contributed by atoms with van der Waals surface area (Å²) in [7, 11) is 3.38. The molecule has 3 atom stereocenters. The molecular weight excluding hydrogens is 328 g/mol. The summed E-state index contributed by atoms with van der Waals surface area (Å²) in [6.07, 6.45) is 1.39. The van der Waals surface area contributed by atoms with Crippen LogP contribution in [-0.4, -0.2) is 61.0 Å². The van der Waals surface area contributed by atoms with E-state index < -0.39 is 6.04 Å². The van der Waals surface area contributed by atoms with Crippen LogP contribution >= 0.6 is 0 Å². The van der Waals surface area contributed by atoms with Crippen molar-refractivity contribution < 1.29 is 14.3 Å². The number of amides is 1. The topological polar surface area (TPSA) is 49.9 Å². The molecule has 0 bridgehead atoms. The molecule has 5 nitrogen and oxygen atoms in total. The second-order valence-electron chi connectivity index (χ2n) is 6.72. The van der Waals surface area contributed by atoms with Crippen molar-refractivity contribution in [1.82, 2.24) is 9.80 Å². The minimum Gasteiger partial charge on any atom is -0.467 e. The van der Waals surface area contributed by atoms with Gasteiger partial charge >= 0.3 is 5.97 Å². The first-order chi connectivity index (χ1) is 12.5. The van der Waals surface area contributed by atoms with Crippen molar-refractivity contribution >= 4 is 11.9 Å². The lowest BCUT2D eigenvalue weighted by Gasteiger charge is -2.41. The Kier molecular flexibility index (Phi) is 7.23. The minimum absolute atomic E-state index is 0.0268. The molecule has 0 aliphatic carbocycles. The van der Waals surface area contributed by atoms with Gasteiger partial charge in [0.25, 0.3) is 0 Å². The highest BCUT2D eigenvalue weighted by Crippen LogP contribution is 2.26. The van der Waals surface area contributed by atoms with E-state index in [4.69, 9.17) is 4.74 Å². The van der Waals surface area contributed by atoms with Crippen molar-refractivity contribution in [1.29, 1.82) is 0 Å². The van der Waals surface area contributed by atoms with Crippen LogP contribution in [0.15, 0.2) is 30.3 Å². The fourth-order valence-corrected chi connectivity index (χ4v) is 3.44. The van der Waals surface area contributed by atoms with E-state index in [0.717, 1.165) is 12.0 Å². The largest absolute Gasteiger partial charge is 0.467 e. The Morgan fingerprint density at radius 3 is 2.65 bits per heavy atom. The summed E-state index contributed by atoms with van der Waals surface area (Å²) in [5, 5.41) is 0. The van der Waals surface area contributed by atoms with E-state index in [0.29, 0.717) is 19.5 Å². The second kappa shape index (κ2) is 9.40. The van der Waals surface area contributed by atoms with Gasteiger partial charge in [-0.2, -0.15) is 0 Å². The highest BCUT2D eigenvalue weighted by molar-refractivity contribution is 5.88. The molecule has 5 heteroatoms. The third-order valence-electron chi connectivity index (χ3n) is 5.13. The lowest BCUT2D eigenvalue weighted by molar-refractivity contribution is -0.156. The molecule has 0 saturated carbocycles. The summed E-state index contributed by atoms with van der Waals surface area (Å²) in [6.45, 7) is 4.91. The summed E-state index contributed by atoms with van der Waals surface area (Å²) < 4.78 is 4.99. The Morgan fingerprint density at radius 1 is 1.35 bits per heavy atom. The van der Waals surface area contributed by atoms with Gasteiger partial charge in [0.15, 0.2) is 0 Å². The smallest absolute Gasteiger partial charge is 0.328 e. The van der Waals surface area contributed by atoms with E-state index in [2.05, 4.69) is 16.7 Å². The number of hydrogen-bond donors (Lipinski definition) is 0. The number of rotatable bonds is 5. The molecule has 140 valence electrons. The van der Waals surface area contributed by atoms with Crippen molar-refractivity contribution in [2.75, 3.05) is 27.2 Å². The van der Waals surface area contributed by atoms with Crippen LogP contribution in [0.1, 0.15) is 38.2 Å². The van der Waals surface area contributed by atoms with Crippen molar-refractivity contribution in [3.8, 4) is 11.8 Å². The number of methoxy groups -OCH3 is 1. The molecule has 2 rings (SSSR count). The van der Waals surface area contributed by atoms with Gasteiger partial charge in [-0.1, -0.05) is 36.3 Å². The zero-order chi connectivity index (χ0) is 19.1. The Hall–Kier alpha value is -2.32. The number of benzene rings is 1. The Bertz CT molecular complexity index is 677. The lowest BCUT2D eigenvalue weighted by Crippen LogP contribution is -2.55. The molecule has 1 aromatic rings. The van der Waals surface area contributed by atoms with E-state index in [9.17, 15) is 9.59 Å². The maximum absolute atomic E-state index is 13.1. The van der Waals surface area contributed by atoms with Gasteiger partial charge in [0.2, 0.25) is 5.91 Å². The number of likely N-dealkylation sites (tertiary alicyclic amines) is 1. The van der Waals surface area contributed by atoms with Crippen molar-refractivity contribution in [3.63, 3.8) is 0 Å². The van der Waals surface area contributed by atoms with Crippen molar-refractivity contribution in [3.05, 3.63) is 35.9 Å². The van der Waals surface area contributed by atoms with E-state index in [1.54, 1.807) is 4.90 Å². The van der Waals surface area contributed by atoms with Gasteiger partial charge in [0, 0.05) is 12.6 Å². The van der Waals surface area contributed by atoms with Gasteiger partial charge in [-0.05, 0) is 39.3 Å². The van der Waals surface area contributed by atoms with Crippen LogP contribution in [0.5, 0.6) is 0 Å². The van der Waals surface area contributed by atoms with Gasteiger partial charge in [-0.15, -0.1) is 5.92 Å². The predicted octanol–water partition coefficient (Wildman–Crippen LogP) is 2.28. The van der Waals surface area contributed by atoms with E-state index >= 15 is 0 Å². The zero-order valence-corrected chi connectivity index (χ0v) is 16.1. The highest BCUT2D eigenvalue weighted by atomic mass is 16.5. The normalized spacial score (nSPS) is 20.9. The molecule has 1 aliphatic rings. The Balaban J connectivity index is 2.15. The molecule has 26 heavy (non-hydrogen) atoms. The Labute approximate surface area is 156 Å². The summed E-state index contributed by atoms with van der Waals surface area (Å²) in [6, 6.07) is 9.32. The first-order valence-electron chi connectivity index (χ1n) is 9.02. The van der Waals surface area contributed by atoms with E-state index in [1.807, 2.05) is 51.2 Å². The van der Waals surface area contributed by atoms with E-state index in [1.165, 1.54) is 7.11 Å². The molecule has 0 N–H and O–H groups in total. The first-order valence-corrected chi connectivity index (χ1v) is 9.02. The Morgan fingerprint density at radius 2 is 2.04 bits per heavy atom. The molecule has 1 amide bonds. The van der Waals surface area contributed by atoms with Crippen LogP contribution in [-0.2, 0) is 14.3 Å². The fraction of sp³-hybridized carbons (Fsp3) is 0.524. The summed E-state index contributed by atoms with van der Waals surface area (Å²) >= 11 is 0. The van der Waals surface area contributed by atoms with Gasteiger partial charge in [0.1, 0.15) is 6.04 Å². The molecule has 0 spiro atoms. The molecule has 3 unspecified atom stereocenters. The molecule has 0 radical (unpaired) electrons. The number of nitrogens with zero attached hydrogens (tertiary/aromatic N) is 2. The van der Waals surface area contributed by atoms with Crippen LogP contribution in [0.25, 0.3) is 0 Å². The number of carbonyl (C=O) groups excluding carboxylic acids is 2. The summed E-state index contributed by atoms with van der Waals surface area (Å²) in [4.78, 5) is 29.3. The lowest BCUT2D eigenvalue weighted by atomic mass is 9.92. The van der Waals surface area contributed by atoms with Gasteiger partial charge in [-0.3, -0.25) is 9.69 Å². The number of ether oxygens (including phenoxy) is 1. The summed E-state index contributed by atoms with van der Waals surface area (Å²) in [5.74, 6) is 5.29. The standard InChI is InChI=1S/C21H28N2O3/c1-5-6-13-22(3)18-12-14-23(19(15-18)21(25)26-4)20(24)16(2)17-10-8-7-9-11-17/h7-11,16,18-19H,12-15H2,1-4H3. The average molecular weight is 356 g/mol. The van der Waals surface area contributed by atoms with Gasteiger partial charge < -0.3 is 9.64 Å². The monoisotopic (exact) mass is 356 g/mol. The molecule has 1 aliphatic heterocycles. The first kappa shape index (κ1) is 20.0. The second-order valence-corrected chi connectivity index (χ2v) is 6.72. The zero-order valence-electron chi connectivity index (χ0n) is 16.1. The summed E-state index contributed by atoms with van der Waals surface area (Å²) in [5.41, 5.74) is 0.957. The maximum atomic E-state index is 13.1. The SMILES string of the molecule is CC#CCN(C)C1CCN(C(=O)C(C)c2ccccc2)C(C(=O)OC)C1. The maximum Gasteiger partial charge on any atom is 0.328 e. The fourth-order valence-electron chi connectivity index (χ4n) is 3.44. The van der Waals surface area contributed by atoms with Crippen LogP contribution < -0.4 is 0 Å². The number of hydrogen-bond acceptors (Lipinski definition) is 4. The van der Waals surface area contributed by atoms with Crippen LogP contribution in [0, 0.1) is 11.8 Å². The quantitative estimate of drug-likeness (QED) is 0.600. The third kappa shape index (κ3) is 4.64. The van der Waals surface area contributed by atoms with Gasteiger partial charge in [-0.25, -0.2) is 4.79 Å². The van der Waals surface area contributed by atoms with E-state index in [-0.39, 0.29) is 23.8 Å². The molecule has 1 heterocycles. The number of carbonyl (C=O) groups is 2. The molecule has 0 aromatic heterocycles. The van der Waals surface area contributed by atoms with Crippen molar-refractivity contribution in [2.24, 2.45) is 0 Å². The number of piperidine rings is 1. The molecule has 1 saturated heterocycles. The van der Waals surface area contributed by atoms with Gasteiger partial charge in [0.05, 0.1) is 19.6 Å².